The lowest BCUT2D eigenvalue weighted by atomic mass is 10.1. The number of carbonyl (C=O) groups is 2. The van der Waals surface area contributed by atoms with Gasteiger partial charge < -0.3 is 10.2 Å². The van der Waals surface area contributed by atoms with Crippen molar-refractivity contribution in [1.82, 2.24) is 4.90 Å². The third-order valence-corrected chi connectivity index (χ3v) is 3.95. The van der Waals surface area contributed by atoms with Gasteiger partial charge in [-0.1, -0.05) is 29.8 Å². The molecule has 24 heavy (non-hydrogen) atoms. The number of anilines is 1. The molecule has 0 saturated carbocycles. The van der Waals surface area contributed by atoms with Crippen LogP contribution in [0.1, 0.15) is 35.3 Å². The number of amides is 2. The molecule has 2 rings (SSSR count). The van der Waals surface area contributed by atoms with Crippen LogP contribution in [0.4, 0.5) is 5.69 Å². The van der Waals surface area contributed by atoms with Crippen LogP contribution in [0.3, 0.4) is 0 Å². The standard InChI is InChI=1S/C20H24N2O2/c1-4-22(5-2)20(24)17-10-12-18(13-11-17)21-19(23)14-16-8-6-15(3)7-9-16/h6-13H,4-5,14H2,1-3H3,(H,21,23). The number of hydrogen-bond donors (Lipinski definition) is 1. The number of carbonyl (C=O) groups excluding carboxylic acids is 2. The number of nitrogens with zero attached hydrogens (tertiary/aromatic N) is 1. The van der Waals surface area contributed by atoms with Crippen molar-refractivity contribution in [3.05, 3.63) is 65.2 Å². The van der Waals surface area contributed by atoms with Gasteiger partial charge in [-0.05, 0) is 50.6 Å². The summed E-state index contributed by atoms with van der Waals surface area (Å²) in [4.78, 5) is 26.1. The molecule has 0 unspecified atom stereocenters. The summed E-state index contributed by atoms with van der Waals surface area (Å²) in [6.07, 6.45) is 0.334. The van der Waals surface area contributed by atoms with Crippen LogP contribution >= 0.6 is 0 Å². The molecule has 4 heteroatoms. The van der Waals surface area contributed by atoms with E-state index in [4.69, 9.17) is 0 Å². The third kappa shape index (κ3) is 4.69. The van der Waals surface area contributed by atoms with Crippen LogP contribution in [0.15, 0.2) is 48.5 Å². The molecule has 0 radical (unpaired) electrons. The second kappa shape index (κ2) is 8.29. The Balaban J connectivity index is 1.97. The van der Waals surface area contributed by atoms with Gasteiger partial charge in [-0.15, -0.1) is 0 Å². The SMILES string of the molecule is CCN(CC)C(=O)c1ccc(NC(=O)Cc2ccc(C)cc2)cc1. The van der Waals surface area contributed by atoms with E-state index in [0.717, 1.165) is 5.56 Å². The number of nitrogens with one attached hydrogen (secondary N) is 1. The molecule has 4 nitrogen and oxygen atoms in total. The number of rotatable bonds is 6. The minimum Gasteiger partial charge on any atom is -0.339 e. The molecule has 2 aromatic rings. The summed E-state index contributed by atoms with van der Waals surface area (Å²) in [5.74, 6) is -0.0563. The molecule has 0 aliphatic carbocycles. The highest BCUT2D eigenvalue weighted by molar-refractivity contribution is 5.96. The van der Waals surface area contributed by atoms with E-state index in [2.05, 4.69) is 5.32 Å². The normalized spacial score (nSPS) is 10.3. The van der Waals surface area contributed by atoms with Crippen LogP contribution in [0.25, 0.3) is 0 Å². The molecule has 0 aliphatic rings. The molecule has 0 bridgehead atoms. The average molecular weight is 324 g/mol. The Kier molecular flexibility index (Phi) is 6.13. The summed E-state index contributed by atoms with van der Waals surface area (Å²) in [6.45, 7) is 7.31. The molecule has 0 fully saturated rings. The molecular formula is C20H24N2O2. The smallest absolute Gasteiger partial charge is 0.253 e. The van der Waals surface area contributed by atoms with Crippen LogP contribution in [0.5, 0.6) is 0 Å². The first-order chi connectivity index (χ1) is 11.5. The predicted molar refractivity (Wildman–Crippen MR) is 97.2 cm³/mol. The molecule has 1 N–H and O–H groups in total. The maximum Gasteiger partial charge on any atom is 0.253 e. The van der Waals surface area contributed by atoms with Crippen molar-refractivity contribution in [3.8, 4) is 0 Å². The van der Waals surface area contributed by atoms with Gasteiger partial charge in [0, 0.05) is 24.3 Å². The molecule has 0 heterocycles. The van der Waals surface area contributed by atoms with E-state index in [1.54, 1.807) is 29.2 Å². The van der Waals surface area contributed by atoms with E-state index >= 15 is 0 Å². The van der Waals surface area contributed by atoms with Crippen molar-refractivity contribution in [2.75, 3.05) is 18.4 Å². The molecule has 0 aromatic heterocycles. The van der Waals surface area contributed by atoms with Gasteiger partial charge in [0.25, 0.3) is 5.91 Å². The molecule has 126 valence electrons. The molecule has 2 aromatic carbocycles. The zero-order chi connectivity index (χ0) is 17.5. The van der Waals surface area contributed by atoms with Crippen molar-refractivity contribution in [2.45, 2.75) is 27.2 Å². The molecule has 0 saturated heterocycles. The quantitative estimate of drug-likeness (QED) is 0.881. The zero-order valence-corrected chi connectivity index (χ0v) is 14.5. The highest BCUT2D eigenvalue weighted by Crippen LogP contribution is 2.13. The van der Waals surface area contributed by atoms with Gasteiger partial charge >= 0.3 is 0 Å². The maximum atomic E-state index is 12.2. The van der Waals surface area contributed by atoms with Crippen molar-refractivity contribution in [3.63, 3.8) is 0 Å². The Labute approximate surface area is 143 Å². The Morgan fingerprint density at radius 2 is 1.50 bits per heavy atom. The number of aryl methyl sites for hydroxylation is 1. The van der Waals surface area contributed by atoms with Gasteiger partial charge in [0.1, 0.15) is 0 Å². The third-order valence-electron chi connectivity index (χ3n) is 3.95. The molecule has 0 spiro atoms. The van der Waals surface area contributed by atoms with Crippen molar-refractivity contribution >= 4 is 17.5 Å². The van der Waals surface area contributed by atoms with Crippen LogP contribution < -0.4 is 5.32 Å². The van der Waals surface area contributed by atoms with Crippen molar-refractivity contribution in [2.24, 2.45) is 0 Å². The topological polar surface area (TPSA) is 49.4 Å². The van der Waals surface area contributed by atoms with Crippen LogP contribution in [0, 0.1) is 6.92 Å². The summed E-state index contributed by atoms with van der Waals surface area (Å²) in [6, 6.07) is 15.0. The van der Waals surface area contributed by atoms with Gasteiger partial charge in [-0.2, -0.15) is 0 Å². The van der Waals surface area contributed by atoms with Crippen LogP contribution in [0.2, 0.25) is 0 Å². The molecule has 0 atom stereocenters. The van der Waals surface area contributed by atoms with E-state index in [0.29, 0.717) is 30.8 Å². The second-order valence-electron chi connectivity index (χ2n) is 5.77. The van der Waals surface area contributed by atoms with Gasteiger partial charge in [0.15, 0.2) is 0 Å². The Morgan fingerprint density at radius 1 is 0.917 bits per heavy atom. The molecule has 0 aliphatic heterocycles. The first-order valence-corrected chi connectivity index (χ1v) is 8.28. The summed E-state index contributed by atoms with van der Waals surface area (Å²) in [5.41, 5.74) is 3.48. The van der Waals surface area contributed by atoms with Gasteiger partial charge in [-0.25, -0.2) is 0 Å². The van der Waals surface area contributed by atoms with Crippen molar-refractivity contribution < 1.29 is 9.59 Å². The first-order valence-electron chi connectivity index (χ1n) is 8.28. The minimum atomic E-state index is -0.0679. The van der Waals surface area contributed by atoms with Gasteiger partial charge in [0.05, 0.1) is 6.42 Å². The van der Waals surface area contributed by atoms with Crippen LogP contribution in [-0.4, -0.2) is 29.8 Å². The molecular weight excluding hydrogens is 300 g/mol. The van der Waals surface area contributed by atoms with E-state index in [9.17, 15) is 9.59 Å². The van der Waals surface area contributed by atoms with Gasteiger partial charge in [-0.3, -0.25) is 9.59 Å². The van der Waals surface area contributed by atoms with Crippen molar-refractivity contribution in [1.29, 1.82) is 0 Å². The fraction of sp³-hybridized carbons (Fsp3) is 0.300. The van der Waals surface area contributed by atoms with E-state index in [1.165, 1.54) is 5.56 Å². The average Bonchev–Trinajstić information content (AvgIpc) is 2.58. The number of hydrogen-bond acceptors (Lipinski definition) is 2. The summed E-state index contributed by atoms with van der Waals surface area (Å²) in [7, 11) is 0. The van der Waals surface area contributed by atoms with Crippen LogP contribution in [-0.2, 0) is 11.2 Å². The lowest BCUT2D eigenvalue weighted by Crippen LogP contribution is -2.30. The van der Waals surface area contributed by atoms with E-state index in [-0.39, 0.29) is 11.8 Å². The zero-order valence-electron chi connectivity index (χ0n) is 14.5. The lowest BCUT2D eigenvalue weighted by Gasteiger charge is -2.18. The van der Waals surface area contributed by atoms with E-state index in [1.807, 2.05) is 45.0 Å². The Morgan fingerprint density at radius 3 is 2.04 bits per heavy atom. The fourth-order valence-electron chi connectivity index (χ4n) is 2.49. The highest BCUT2D eigenvalue weighted by atomic mass is 16.2. The summed E-state index contributed by atoms with van der Waals surface area (Å²) >= 11 is 0. The lowest BCUT2D eigenvalue weighted by molar-refractivity contribution is -0.115. The monoisotopic (exact) mass is 324 g/mol. The minimum absolute atomic E-state index is 0.0116. The fourth-order valence-corrected chi connectivity index (χ4v) is 2.49. The highest BCUT2D eigenvalue weighted by Gasteiger charge is 2.12. The second-order valence-corrected chi connectivity index (χ2v) is 5.77. The Bertz CT molecular complexity index is 687. The summed E-state index contributed by atoms with van der Waals surface area (Å²) in [5, 5.41) is 2.86. The van der Waals surface area contributed by atoms with E-state index < -0.39 is 0 Å². The molecule has 2 amide bonds. The summed E-state index contributed by atoms with van der Waals surface area (Å²) < 4.78 is 0. The largest absolute Gasteiger partial charge is 0.339 e. The maximum absolute atomic E-state index is 12.2. The van der Waals surface area contributed by atoms with Gasteiger partial charge in [0.2, 0.25) is 5.91 Å². The Hall–Kier alpha value is -2.62. The first kappa shape index (κ1) is 17.7. The predicted octanol–water partition coefficient (Wildman–Crippen LogP) is 3.66. The number of benzene rings is 2.